The molecule has 11 aromatic rings. The van der Waals surface area contributed by atoms with E-state index >= 15 is 0 Å². The number of nitrogens with zero attached hydrogens (tertiary/aromatic N) is 4. The summed E-state index contributed by atoms with van der Waals surface area (Å²) >= 11 is 0. The van der Waals surface area contributed by atoms with Gasteiger partial charge in [-0.05, 0) is 84.1 Å². The second kappa shape index (κ2) is 13.7. The SMILES string of the molecule is C=N/C(=N\C(=N/Cc1cccc(-n2c3ccccc3c3cc(-c4ccc5c(c4)oc4ccccc45)ccc32)c1)c1cccc2oc3ccccc3c12)c1ccccc1. The lowest BCUT2D eigenvalue weighted by Gasteiger charge is -2.11. The molecule has 0 atom stereocenters. The minimum absolute atomic E-state index is 0.392. The Hall–Kier alpha value is -7.83. The van der Waals surface area contributed by atoms with Crippen LogP contribution < -0.4 is 0 Å². The monoisotopic (exact) mass is 746 g/mol. The Labute approximate surface area is 333 Å². The molecular formula is C52H34N4O2. The van der Waals surface area contributed by atoms with Gasteiger partial charge in [-0.25, -0.2) is 9.98 Å². The fraction of sp³-hybridized carbons (Fsp3) is 0.0192. The van der Waals surface area contributed by atoms with Crippen LogP contribution >= 0.6 is 0 Å². The van der Waals surface area contributed by atoms with Gasteiger partial charge >= 0.3 is 0 Å². The number of para-hydroxylation sites is 3. The summed E-state index contributed by atoms with van der Waals surface area (Å²) in [6, 6.07) is 62.6. The Balaban J connectivity index is 1.01. The van der Waals surface area contributed by atoms with Gasteiger partial charge in [-0.1, -0.05) is 121 Å². The summed E-state index contributed by atoms with van der Waals surface area (Å²) in [7, 11) is 0. The van der Waals surface area contributed by atoms with Crippen LogP contribution in [0.2, 0.25) is 0 Å². The van der Waals surface area contributed by atoms with E-state index in [4.69, 9.17) is 18.8 Å². The second-order valence-electron chi connectivity index (χ2n) is 14.4. The molecule has 0 amide bonds. The number of furan rings is 2. The highest BCUT2D eigenvalue weighted by atomic mass is 16.3. The third-order valence-electron chi connectivity index (χ3n) is 11.0. The summed E-state index contributed by atoms with van der Waals surface area (Å²) in [6.45, 7) is 4.27. The van der Waals surface area contributed by atoms with Crippen LogP contribution in [0, 0.1) is 0 Å². The molecular weight excluding hydrogens is 713 g/mol. The van der Waals surface area contributed by atoms with Gasteiger partial charge < -0.3 is 13.4 Å². The van der Waals surface area contributed by atoms with Crippen molar-refractivity contribution in [3.05, 3.63) is 199 Å². The zero-order chi connectivity index (χ0) is 38.6. The highest BCUT2D eigenvalue weighted by Crippen LogP contribution is 2.38. The highest BCUT2D eigenvalue weighted by Gasteiger charge is 2.18. The highest BCUT2D eigenvalue weighted by molar-refractivity contribution is 6.21. The smallest absolute Gasteiger partial charge is 0.161 e. The Morgan fingerprint density at radius 2 is 1.14 bits per heavy atom. The Morgan fingerprint density at radius 1 is 0.483 bits per heavy atom. The van der Waals surface area contributed by atoms with Gasteiger partial charge in [0.2, 0.25) is 0 Å². The molecule has 0 aliphatic carbocycles. The molecule has 0 bridgehead atoms. The molecule has 0 aliphatic rings. The van der Waals surface area contributed by atoms with Gasteiger partial charge in [0.05, 0.1) is 17.6 Å². The maximum absolute atomic E-state index is 6.26. The number of amidine groups is 2. The van der Waals surface area contributed by atoms with Crippen molar-refractivity contribution in [2.45, 2.75) is 6.54 Å². The van der Waals surface area contributed by atoms with E-state index in [-0.39, 0.29) is 0 Å². The number of aromatic nitrogens is 1. The van der Waals surface area contributed by atoms with Crippen LogP contribution in [0.1, 0.15) is 16.7 Å². The van der Waals surface area contributed by atoms with Crippen molar-refractivity contribution >= 4 is 84.1 Å². The van der Waals surface area contributed by atoms with Gasteiger partial charge in [0, 0.05) is 49.1 Å². The zero-order valence-electron chi connectivity index (χ0n) is 31.3. The molecule has 0 saturated carbocycles. The van der Waals surface area contributed by atoms with Crippen molar-refractivity contribution < 1.29 is 8.83 Å². The van der Waals surface area contributed by atoms with E-state index in [0.29, 0.717) is 18.2 Å². The van der Waals surface area contributed by atoms with Crippen molar-refractivity contribution in [3.8, 4) is 16.8 Å². The number of benzene rings is 8. The van der Waals surface area contributed by atoms with E-state index in [0.717, 1.165) is 88.4 Å². The third kappa shape index (κ3) is 5.61. The molecule has 274 valence electrons. The van der Waals surface area contributed by atoms with Crippen LogP contribution in [0.4, 0.5) is 0 Å². The lowest BCUT2D eigenvalue weighted by atomic mass is 10.0. The van der Waals surface area contributed by atoms with Gasteiger partial charge in [0.1, 0.15) is 22.3 Å². The molecule has 6 heteroatoms. The van der Waals surface area contributed by atoms with Crippen LogP contribution in [0.25, 0.3) is 82.5 Å². The van der Waals surface area contributed by atoms with Crippen LogP contribution in [-0.2, 0) is 6.54 Å². The Kier molecular flexibility index (Phi) is 7.93. The number of hydrogen-bond donors (Lipinski definition) is 0. The molecule has 6 nitrogen and oxygen atoms in total. The van der Waals surface area contributed by atoms with Crippen molar-refractivity contribution in [3.63, 3.8) is 0 Å². The lowest BCUT2D eigenvalue weighted by Crippen LogP contribution is -2.06. The van der Waals surface area contributed by atoms with E-state index in [9.17, 15) is 0 Å². The van der Waals surface area contributed by atoms with Gasteiger partial charge in [-0.2, -0.15) is 0 Å². The van der Waals surface area contributed by atoms with Gasteiger partial charge in [0.15, 0.2) is 11.7 Å². The molecule has 11 rings (SSSR count). The first-order valence-electron chi connectivity index (χ1n) is 19.3. The quantitative estimate of drug-likeness (QED) is 0.126. The molecule has 58 heavy (non-hydrogen) atoms. The predicted octanol–water partition coefficient (Wildman–Crippen LogP) is 13.3. The average molecular weight is 747 g/mol. The first-order valence-corrected chi connectivity index (χ1v) is 19.3. The van der Waals surface area contributed by atoms with E-state index < -0.39 is 0 Å². The Bertz CT molecular complexity index is 3460. The van der Waals surface area contributed by atoms with Gasteiger partial charge in [0.25, 0.3) is 0 Å². The number of fused-ring (bicyclic) bond motifs is 9. The predicted molar refractivity (Wildman–Crippen MR) is 240 cm³/mol. The largest absolute Gasteiger partial charge is 0.456 e. The molecule has 8 aromatic carbocycles. The fourth-order valence-corrected chi connectivity index (χ4v) is 8.32. The Morgan fingerprint density at radius 3 is 2.00 bits per heavy atom. The molecule has 3 aromatic heterocycles. The van der Waals surface area contributed by atoms with Crippen LogP contribution in [0.5, 0.6) is 0 Å². The summed E-state index contributed by atoms with van der Waals surface area (Å²) in [5, 5.41) is 6.61. The normalized spacial score (nSPS) is 12.5. The molecule has 0 saturated heterocycles. The summed E-state index contributed by atoms with van der Waals surface area (Å²) in [6.07, 6.45) is 0. The average Bonchev–Trinajstić information content (AvgIpc) is 3.96. The van der Waals surface area contributed by atoms with Crippen molar-refractivity contribution in [2.24, 2.45) is 15.0 Å². The van der Waals surface area contributed by atoms with Gasteiger partial charge in [-0.15, -0.1) is 0 Å². The standard InChI is InChI=1S/C52H34N4O2/c1-53-51(34-14-3-2-4-15-34)55-52(42-20-12-24-48-50(42)41-19-7-10-23-47(41)57-48)54-32-33-13-11-16-37(29-33)56-44-21-8-5-17-38(44)43-30-35(26-28-45(43)56)36-25-27-40-39-18-6-9-22-46(39)58-49(40)31-36/h2-31H,1,32H2/b54-52-,55-51-. The minimum atomic E-state index is 0.392. The zero-order valence-corrected chi connectivity index (χ0v) is 31.3. The molecule has 0 fully saturated rings. The molecule has 0 N–H and O–H groups in total. The third-order valence-corrected chi connectivity index (χ3v) is 11.0. The minimum Gasteiger partial charge on any atom is -0.456 e. The second-order valence-corrected chi connectivity index (χ2v) is 14.4. The molecule has 3 heterocycles. The molecule has 0 radical (unpaired) electrons. The summed E-state index contributed by atoms with van der Waals surface area (Å²) in [4.78, 5) is 14.7. The molecule has 0 unspecified atom stereocenters. The van der Waals surface area contributed by atoms with Crippen molar-refractivity contribution in [2.75, 3.05) is 0 Å². The van der Waals surface area contributed by atoms with Crippen LogP contribution in [-0.4, -0.2) is 23.0 Å². The maximum Gasteiger partial charge on any atom is 0.161 e. The van der Waals surface area contributed by atoms with Crippen LogP contribution in [0.3, 0.4) is 0 Å². The van der Waals surface area contributed by atoms with E-state index in [1.54, 1.807) is 0 Å². The van der Waals surface area contributed by atoms with Crippen LogP contribution in [0.15, 0.2) is 206 Å². The van der Waals surface area contributed by atoms with E-state index in [1.807, 2.05) is 72.8 Å². The number of aliphatic imine (C=N–C) groups is 3. The first kappa shape index (κ1) is 33.5. The number of hydrogen-bond acceptors (Lipinski definition) is 3. The summed E-state index contributed by atoms with van der Waals surface area (Å²) < 4.78 is 14.9. The fourth-order valence-electron chi connectivity index (χ4n) is 8.32. The van der Waals surface area contributed by atoms with Crippen molar-refractivity contribution in [1.82, 2.24) is 4.57 Å². The first-order chi connectivity index (χ1) is 28.7. The molecule has 0 aliphatic heterocycles. The topological polar surface area (TPSA) is 68.3 Å². The van der Waals surface area contributed by atoms with Crippen molar-refractivity contribution in [1.29, 1.82) is 0 Å². The van der Waals surface area contributed by atoms with Gasteiger partial charge in [-0.3, -0.25) is 4.99 Å². The summed E-state index contributed by atoms with van der Waals surface area (Å²) in [5.74, 6) is 1.05. The van der Waals surface area contributed by atoms with E-state index in [1.165, 1.54) is 10.8 Å². The molecule has 0 spiro atoms. The van der Waals surface area contributed by atoms with E-state index in [2.05, 4.69) is 125 Å². The maximum atomic E-state index is 6.26. The lowest BCUT2D eigenvalue weighted by molar-refractivity contribution is 0.668. The summed E-state index contributed by atoms with van der Waals surface area (Å²) in [5.41, 5.74) is 11.7. The number of rotatable bonds is 6.